The lowest BCUT2D eigenvalue weighted by Crippen LogP contribution is -2.41. The van der Waals surface area contributed by atoms with E-state index in [0.717, 1.165) is 0 Å². The van der Waals surface area contributed by atoms with E-state index in [2.05, 4.69) is 5.32 Å². The quantitative estimate of drug-likeness (QED) is 0.708. The molecule has 18 heavy (non-hydrogen) atoms. The maximum Gasteiger partial charge on any atom is 0.260 e. The van der Waals surface area contributed by atoms with Crippen molar-refractivity contribution in [2.75, 3.05) is 13.2 Å². The lowest BCUT2D eigenvalue weighted by molar-refractivity contribution is -0.127. The van der Waals surface area contributed by atoms with E-state index in [9.17, 15) is 4.79 Å². The zero-order valence-electron chi connectivity index (χ0n) is 9.97. The van der Waals surface area contributed by atoms with Crippen LogP contribution in [-0.4, -0.2) is 41.5 Å². The van der Waals surface area contributed by atoms with Crippen LogP contribution in [0.1, 0.15) is 6.92 Å². The highest BCUT2D eigenvalue weighted by molar-refractivity contribution is 6.30. The molecule has 0 aliphatic carbocycles. The largest absolute Gasteiger partial charge is 0.481 e. The molecule has 2 unspecified atom stereocenters. The minimum absolute atomic E-state index is 0.0153. The van der Waals surface area contributed by atoms with Crippen molar-refractivity contribution in [3.63, 3.8) is 0 Å². The Balaban J connectivity index is 2.45. The van der Waals surface area contributed by atoms with Gasteiger partial charge >= 0.3 is 0 Å². The van der Waals surface area contributed by atoms with Crippen molar-refractivity contribution in [3.05, 3.63) is 29.3 Å². The number of hydrogen-bond donors (Lipinski definition) is 3. The first-order chi connectivity index (χ1) is 8.52. The van der Waals surface area contributed by atoms with Crippen LogP contribution in [-0.2, 0) is 4.79 Å². The fourth-order valence-corrected chi connectivity index (χ4v) is 1.40. The van der Waals surface area contributed by atoms with Gasteiger partial charge in [-0.05, 0) is 25.1 Å². The Morgan fingerprint density at radius 2 is 2.28 bits per heavy atom. The highest BCUT2D eigenvalue weighted by Crippen LogP contribution is 2.18. The number of benzene rings is 1. The third kappa shape index (κ3) is 4.91. The van der Waals surface area contributed by atoms with Crippen LogP contribution in [0.3, 0.4) is 0 Å². The van der Waals surface area contributed by atoms with Crippen molar-refractivity contribution in [3.8, 4) is 5.75 Å². The minimum atomic E-state index is -0.965. The Bertz CT molecular complexity index is 399. The van der Waals surface area contributed by atoms with Crippen LogP contribution < -0.4 is 10.1 Å². The van der Waals surface area contributed by atoms with Gasteiger partial charge in [0, 0.05) is 11.6 Å². The van der Waals surface area contributed by atoms with E-state index in [1.165, 1.54) is 0 Å². The van der Waals surface area contributed by atoms with E-state index >= 15 is 0 Å². The van der Waals surface area contributed by atoms with E-state index in [0.29, 0.717) is 10.8 Å². The number of rotatable bonds is 6. The van der Waals surface area contributed by atoms with Crippen LogP contribution in [0.5, 0.6) is 5.75 Å². The number of aliphatic hydroxyl groups is 2. The number of amides is 1. The molecule has 5 nitrogen and oxygen atoms in total. The highest BCUT2D eigenvalue weighted by atomic mass is 35.5. The van der Waals surface area contributed by atoms with Crippen LogP contribution in [0.2, 0.25) is 5.02 Å². The maximum absolute atomic E-state index is 11.6. The molecular weight excluding hydrogens is 258 g/mol. The first-order valence-corrected chi connectivity index (χ1v) is 5.89. The molecule has 0 heterocycles. The summed E-state index contributed by atoms with van der Waals surface area (Å²) in [6, 6.07) is 6.72. The number of carbonyl (C=O) groups excluding carboxylic acids is 1. The Hall–Kier alpha value is -1.30. The van der Waals surface area contributed by atoms with Crippen LogP contribution in [0.4, 0.5) is 0 Å². The summed E-state index contributed by atoms with van der Waals surface area (Å²) >= 11 is 5.79. The van der Waals surface area contributed by atoms with Gasteiger partial charge in [-0.25, -0.2) is 0 Å². The number of aliphatic hydroxyl groups excluding tert-OH is 2. The average Bonchev–Trinajstić information content (AvgIpc) is 2.35. The van der Waals surface area contributed by atoms with Gasteiger partial charge in [0.15, 0.2) is 6.10 Å². The molecule has 100 valence electrons. The highest BCUT2D eigenvalue weighted by Gasteiger charge is 2.15. The molecular formula is C12H16ClNO4. The summed E-state index contributed by atoms with van der Waals surface area (Å²) in [5.74, 6) is 0.121. The number of nitrogens with one attached hydrogen (secondary N) is 1. The van der Waals surface area contributed by atoms with Gasteiger partial charge in [0.2, 0.25) is 0 Å². The van der Waals surface area contributed by atoms with Gasteiger partial charge in [-0.3, -0.25) is 4.79 Å². The second-order valence-corrected chi connectivity index (χ2v) is 4.24. The smallest absolute Gasteiger partial charge is 0.260 e. The Kier molecular flexibility index (Phi) is 5.91. The van der Waals surface area contributed by atoms with Gasteiger partial charge in [-0.1, -0.05) is 17.7 Å². The van der Waals surface area contributed by atoms with E-state index in [-0.39, 0.29) is 12.5 Å². The summed E-state index contributed by atoms with van der Waals surface area (Å²) in [6.45, 7) is 1.17. The molecule has 0 spiro atoms. The van der Waals surface area contributed by atoms with Crippen molar-refractivity contribution in [1.82, 2.24) is 5.32 Å². The Labute approximate surface area is 110 Å². The molecule has 0 bridgehead atoms. The molecule has 1 rings (SSSR count). The summed E-state index contributed by atoms with van der Waals surface area (Å²) < 4.78 is 5.38. The fourth-order valence-electron chi connectivity index (χ4n) is 1.22. The lowest BCUT2D eigenvalue weighted by atomic mass is 10.3. The van der Waals surface area contributed by atoms with Crippen molar-refractivity contribution < 1.29 is 19.7 Å². The summed E-state index contributed by atoms with van der Waals surface area (Å²) in [6.07, 6.45) is -1.68. The van der Waals surface area contributed by atoms with E-state index < -0.39 is 18.8 Å². The predicted molar refractivity (Wildman–Crippen MR) is 67.6 cm³/mol. The van der Waals surface area contributed by atoms with Gasteiger partial charge < -0.3 is 20.3 Å². The standard InChI is InChI=1S/C12H16ClNO4/c1-8(12(17)14-6-10(16)7-15)18-11-4-2-3-9(13)5-11/h2-5,8,10,15-16H,6-7H2,1H3,(H,14,17). The van der Waals surface area contributed by atoms with Gasteiger partial charge in [0.25, 0.3) is 5.91 Å². The first kappa shape index (κ1) is 14.8. The Morgan fingerprint density at radius 3 is 2.89 bits per heavy atom. The zero-order valence-corrected chi connectivity index (χ0v) is 10.7. The summed E-state index contributed by atoms with van der Waals surface area (Å²) in [5, 5.41) is 20.7. The van der Waals surface area contributed by atoms with Gasteiger partial charge in [-0.2, -0.15) is 0 Å². The van der Waals surface area contributed by atoms with E-state index in [1.807, 2.05) is 0 Å². The molecule has 0 saturated carbocycles. The van der Waals surface area contributed by atoms with Crippen molar-refractivity contribution in [1.29, 1.82) is 0 Å². The van der Waals surface area contributed by atoms with Crippen LogP contribution in [0.15, 0.2) is 24.3 Å². The summed E-state index contributed by atoms with van der Waals surface area (Å²) in [5.41, 5.74) is 0. The molecule has 0 fully saturated rings. The van der Waals surface area contributed by atoms with Crippen LogP contribution in [0.25, 0.3) is 0 Å². The second kappa shape index (κ2) is 7.20. The van der Waals surface area contributed by atoms with Gasteiger partial charge in [0.05, 0.1) is 12.7 Å². The summed E-state index contributed by atoms with van der Waals surface area (Å²) in [7, 11) is 0. The molecule has 1 aromatic carbocycles. The number of carbonyl (C=O) groups is 1. The number of hydrogen-bond acceptors (Lipinski definition) is 4. The predicted octanol–water partition coefficient (Wildman–Crippen LogP) is 0.577. The molecule has 0 aliphatic rings. The number of ether oxygens (including phenoxy) is 1. The molecule has 0 radical (unpaired) electrons. The Morgan fingerprint density at radius 1 is 1.56 bits per heavy atom. The third-order valence-electron chi connectivity index (χ3n) is 2.20. The molecule has 2 atom stereocenters. The first-order valence-electron chi connectivity index (χ1n) is 5.51. The normalized spacial score (nSPS) is 13.8. The molecule has 0 aliphatic heterocycles. The van der Waals surface area contributed by atoms with Crippen molar-refractivity contribution in [2.45, 2.75) is 19.1 Å². The number of halogens is 1. The van der Waals surface area contributed by atoms with E-state index in [1.54, 1.807) is 31.2 Å². The molecule has 1 amide bonds. The molecule has 6 heteroatoms. The van der Waals surface area contributed by atoms with Gasteiger partial charge in [0.1, 0.15) is 5.75 Å². The second-order valence-electron chi connectivity index (χ2n) is 3.80. The lowest BCUT2D eigenvalue weighted by Gasteiger charge is -2.16. The topological polar surface area (TPSA) is 78.8 Å². The fraction of sp³-hybridized carbons (Fsp3) is 0.417. The SMILES string of the molecule is CC(Oc1cccc(Cl)c1)C(=O)NCC(O)CO. The summed E-state index contributed by atoms with van der Waals surface area (Å²) in [4.78, 5) is 11.6. The monoisotopic (exact) mass is 273 g/mol. The zero-order chi connectivity index (χ0) is 13.5. The molecule has 3 N–H and O–H groups in total. The minimum Gasteiger partial charge on any atom is -0.481 e. The maximum atomic E-state index is 11.6. The third-order valence-corrected chi connectivity index (χ3v) is 2.44. The van der Waals surface area contributed by atoms with Crippen molar-refractivity contribution >= 4 is 17.5 Å². The van der Waals surface area contributed by atoms with Crippen LogP contribution in [0, 0.1) is 0 Å². The molecule has 0 saturated heterocycles. The molecule has 1 aromatic rings. The molecule has 0 aromatic heterocycles. The van der Waals surface area contributed by atoms with Crippen LogP contribution >= 0.6 is 11.6 Å². The van der Waals surface area contributed by atoms with E-state index in [4.69, 9.17) is 26.6 Å². The van der Waals surface area contributed by atoms with Crippen molar-refractivity contribution in [2.24, 2.45) is 0 Å². The average molecular weight is 274 g/mol. The van der Waals surface area contributed by atoms with Gasteiger partial charge in [-0.15, -0.1) is 0 Å².